The summed E-state index contributed by atoms with van der Waals surface area (Å²) in [6.07, 6.45) is 1.56. The minimum Gasteiger partial charge on any atom is -0.478 e. The predicted molar refractivity (Wildman–Crippen MR) is 82.1 cm³/mol. The van der Waals surface area contributed by atoms with E-state index >= 15 is 0 Å². The van der Waals surface area contributed by atoms with Gasteiger partial charge >= 0.3 is 5.97 Å². The number of fused-ring (bicyclic) bond motifs is 1. The Morgan fingerprint density at radius 3 is 2.77 bits per heavy atom. The molecule has 1 heterocycles. The number of carboxylic acid groups (broad SMARTS) is 1. The highest BCUT2D eigenvalue weighted by Crippen LogP contribution is 2.32. The van der Waals surface area contributed by atoms with Gasteiger partial charge in [0.2, 0.25) is 0 Å². The average molecular weight is 316 g/mol. The molecule has 0 aliphatic carbocycles. The van der Waals surface area contributed by atoms with Crippen molar-refractivity contribution in [1.29, 1.82) is 0 Å². The number of benzene rings is 2. The summed E-state index contributed by atoms with van der Waals surface area (Å²) >= 11 is 5.90. The standard InChI is InChI=1S/C16H10ClNO4/c17-11-3-1-2-9(6-11)7-14-15(19)18-12-8-10(16(20)21)4-5-13(12)22-14/h1-8H,(H,18,19)(H,20,21). The molecule has 0 aromatic heterocycles. The van der Waals surface area contributed by atoms with E-state index in [9.17, 15) is 9.59 Å². The summed E-state index contributed by atoms with van der Waals surface area (Å²) in [6.45, 7) is 0. The summed E-state index contributed by atoms with van der Waals surface area (Å²) in [6, 6.07) is 11.3. The first kappa shape index (κ1) is 14.2. The quantitative estimate of drug-likeness (QED) is 0.833. The van der Waals surface area contributed by atoms with Gasteiger partial charge in [0.1, 0.15) is 0 Å². The second kappa shape index (κ2) is 5.54. The van der Waals surface area contributed by atoms with Crippen LogP contribution in [0, 0.1) is 0 Å². The molecule has 0 saturated carbocycles. The van der Waals surface area contributed by atoms with Crippen LogP contribution in [0.25, 0.3) is 6.08 Å². The zero-order chi connectivity index (χ0) is 15.7. The third-order valence-electron chi connectivity index (χ3n) is 3.06. The minimum atomic E-state index is -1.07. The summed E-state index contributed by atoms with van der Waals surface area (Å²) in [4.78, 5) is 23.0. The lowest BCUT2D eigenvalue weighted by Gasteiger charge is -2.20. The molecule has 0 fully saturated rings. The number of rotatable bonds is 2. The number of halogens is 1. The molecule has 6 heteroatoms. The monoisotopic (exact) mass is 315 g/mol. The maximum absolute atomic E-state index is 12.0. The highest BCUT2D eigenvalue weighted by Gasteiger charge is 2.23. The highest BCUT2D eigenvalue weighted by atomic mass is 35.5. The second-order valence-corrected chi connectivity index (χ2v) is 5.07. The summed E-state index contributed by atoms with van der Waals surface area (Å²) in [7, 11) is 0. The van der Waals surface area contributed by atoms with E-state index in [1.54, 1.807) is 30.3 Å². The predicted octanol–water partition coefficient (Wildman–Crippen LogP) is 3.41. The lowest BCUT2D eigenvalue weighted by Crippen LogP contribution is -2.23. The van der Waals surface area contributed by atoms with Crippen molar-refractivity contribution < 1.29 is 19.4 Å². The molecular weight excluding hydrogens is 306 g/mol. The van der Waals surface area contributed by atoms with Gasteiger partial charge in [0, 0.05) is 5.02 Å². The number of carbonyl (C=O) groups is 2. The number of ether oxygens (including phenoxy) is 1. The first-order chi connectivity index (χ1) is 10.5. The Morgan fingerprint density at radius 1 is 1.23 bits per heavy atom. The Kier molecular flexibility index (Phi) is 3.56. The van der Waals surface area contributed by atoms with E-state index in [-0.39, 0.29) is 11.3 Å². The number of nitrogens with one attached hydrogen (secondary N) is 1. The van der Waals surface area contributed by atoms with E-state index in [1.165, 1.54) is 18.2 Å². The Labute approximate surface area is 130 Å². The van der Waals surface area contributed by atoms with Crippen molar-refractivity contribution in [2.45, 2.75) is 0 Å². The van der Waals surface area contributed by atoms with Crippen molar-refractivity contribution in [2.75, 3.05) is 5.32 Å². The van der Waals surface area contributed by atoms with Crippen molar-refractivity contribution in [3.8, 4) is 5.75 Å². The van der Waals surface area contributed by atoms with Crippen LogP contribution in [0.15, 0.2) is 48.2 Å². The van der Waals surface area contributed by atoms with Gasteiger partial charge in [-0.05, 0) is 42.0 Å². The first-order valence-electron chi connectivity index (χ1n) is 6.37. The Balaban J connectivity index is 1.95. The van der Waals surface area contributed by atoms with Crippen LogP contribution in [-0.2, 0) is 4.79 Å². The highest BCUT2D eigenvalue weighted by molar-refractivity contribution is 6.30. The lowest BCUT2D eigenvalue weighted by molar-refractivity contribution is -0.115. The van der Waals surface area contributed by atoms with Crippen LogP contribution in [0.2, 0.25) is 5.02 Å². The topological polar surface area (TPSA) is 75.6 Å². The number of anilines is 1. The molecule has 0 spiro atoms. The molecule has 3 rings (SSSR count). The van der Waals surface area contributed by atoms with Gasteiger partial charge in [-0.15, -0.1) is 0 Å². The second-order valence-electron chi connectivity index (χ2n) is 4.64. The van der Waals surface area contributed by atoms with E-state index in [4.69, 9.17) is 21.4 Å². The fourth-order valence-corrected chi connectivity index (χ4v) is 2.24. The van der Waals surface area contributed by atoms with Gasteiger partial charge in [0.15, 0.2) is 11.5 Å². The molecule has 0 bridgehead atoms. The van der Waals surface area contributed by atoms with Crippen molar-refractivity contribution >= 4 is 35.2 Å². The van der Waals surface area contributed by atoms with Crippen LogP contribution in [0.3, 0.4) is 0 Å². The largest absolute Gasteiger partial charge is 0.478 e. The fourth-order valence-electron chi connectivity index (χ4n) is 2.04. The van der Waals surface area contributed by atoms with Gasteiger partial charge in [-0.2, -0.15) is 0 Å². The van der Waals surface area contributed by atoms with Gasteiger partial charge in [0.25, 0.3) is 5.91 Å². The lowest BCUT2D eigenvalue weighted by atomic mass is 10.1. The third-order valence-corrected chi connectivity index (χ3v) is 3.30. The Bertz CT molecular complexity index is 814. The van der Waals surface area contributed by atoms with Gasteiger partial charge in [-0.25, -0.2) is 4.79 Å². The fraction of sp³-hybridized carbons (Fsp3) is 0. The molecule has 0 unspecified atom stereocenters. The molecule has 2 aromatic rings. The van der Waals surface area contributed by atoms with E-state index < -0.39 is 11.9 Å². The normalized spacial score (nSPS) is 15.0. The molecule has 0 radical (unpaired) electrons. The molecule has 0 atom stereocenters. The van der Waals surface area contributed by atoms with Gasteiger partial charge < -0.3 is 15.2 Å². The molecule has 1 aliphatic rings. The van der Waals surface area contributed by atoms with Crippen molar-refractivity contribution in [3.05, 3.63) is 64.4 Å². The SMILES string of the molecule is O=C1Nc2cc(C(=O)O)ccc2OC1=Cc1cccc(Cl)c1. The van der Waals surface area contributed by atoms with Crippen LogP contribution in [0.4, 0.5) is 5.69 Å². The van der Waals surface area contributed by atoms with Gasteiger partial charge in [-0.3, -0.25) is 4.79 Å². The van der Waals surface area contributed by atoms with E-state index in [0.29, 0.717) is 16.5 Å². The molecule has 2 aromatic carbocycles. The third kappa shape index (κ3) is 2.80. The van der Waals surface area contributed by atoms with E-state index in [2.05, 4.69) is 5.32 Å². The smallest absolute Gasteiger partial charge is 0.335 e. The van der Waals surface area contributed by atoms with E-state index in [1.807, 2.05) is 0 Å². The van der Waals surface area contributed by atoms with Crippen LogP contribution in [0.5, 0.6) is 5.75 Å². The van der Waals surface area contributed by atoms with E-state index in [0.717, 1.165) is 5.56 Å². The van der Waals surface area contributed by atoms with Crippen LogP contribution >= 0.6 is 11.6 Å². The Morgan fingerprint density at radius 2 is 2.05 bits per heavy atom. The van der Waals surface area contributed by atoms with Crippen molar-refractivity contribution in [3.63, 3.8) is 0 Å². The molecule has 1 amide bonds. The molecule has 1 aliphatic heterocycles. The molecule has 5 nitrogen and oxygen atoms in total. The van der Waals surface area contributed by atoms with Crippen molar-refractivity contribution in [1.82, 2.24) is 0 Å². The maximum Gasteiger partial charge on any atom is 0.335 e. The van der Waals surface area contributed by atoms with Gasteiger partial charge in [-0.1, -0.05) is 23.7 Å². The van der Waals surface area contributed by atoms with Crippen LogP contribution < -0.4 is 10.1 Å². The van der Waals surface area contributed by atoms with Crippen molar-refractivity contribution in [2.24, 2.45) is 0 Å². The number of amides is 1. The molecule has 110 valence electrons. The summed E-state index contributed by atoms with van der Waals surface area (Å²) in [5.74, 6) is -1.02. The number of hydrogen-bond donors (Lipinski definition) is 2. The first-order valence-corrected chi connectivity index (χ1v) is 6.74. The average Bonchev–Trinajstić information content (AvgIpc) is 2.47. The summed E-state index contributed by atoms with van der Waals surface area (Å²) in [5.41, 5.74) is 1.13. The van der Waals surface area contributed by atoms with Crippen LogP contribution in [0.1, 0.15) is 15.9 Å². The minimum absolute atomic E-state index is 0.0740. The molecular formula is C16H10ClNO4. The molecule has 22 heavy (non-hydrogen) atoms. The number of aromatic carboxylic acids is 1. The number of hydrogen-bond acceptors (Lipinski definition) is 3. The molecule has 2 N–H and O–H groups in total. The number of carboxylic acids is 1. The molecule has 0 saturated heterocycles. The van der Waals surface area contributed by atoms with Gasteiger partial charge in [0.05, 0.1) is 11.3 Å². The summed E-state index contributed by atoms with van der Waals surface area (Å²) < 4.78 is 5.54. The maximum atomic E-state index is 12.0. The number of carbonyl (C=O) groups excluding carboxylic acids is 1. The zero-order valence-corrected chi connectivity index (χ0v) is 11.9. The summed E-state index contributed by atoms with van der Waals surface area (Å²) in [5, 5.41) is 12.1. The zero-order valence-electron chi connectivity index (χ0n) is 11.2. The Hall–Kier alpha value is -2.79. The van der Waals surface area contributed by atoms with Crippen LogP contribution in [-0.4, -0.2) is 17.0 Å².